The summed E-state index contributed by atoms with van der Waals surface area (Å²) in [5.41, 5.74) is -1.33. The third kappa shape index (κ3) is 3.74. The maximum Gasteiger partial charge on any atom is 0.432 e. The molecule has 17 heavy (non-hydrogen) atoms. The molecule has 0 aromatic carbocycles. The fourth-order valence-corrected chi connectivity index (χ4v) is 2.41. The Labute approximate surface area is 103 Å². The number of hydrogen-bond acceptors (Lipinski definition) is 3. The Kier molecular flexibility index (Phi) is 4.66. The molecule has 1 aliphatic carbocycles. The van der Waals surface area contributed by atoms with Gasteiger partial charge in [0.1, 0.15) is 5.70 Å². The van der Waals surface area contributed by atoms with E-state index in [9.17, 15) is 18.3 Å². The molecule has 0 amide bonds. The van der Waals surface area contributed by atoms with E-state index in [0.717, 1.165) is 19.3 Å². The highest BCUT2D eigenvalue weighted by Crippen LogP contribution is 2.44. The lowest BCUT2D eigenvalue weighted by molar-refractivity contribution is -0.0919. The molecule has 0 bridgehead atoms. The molecule has 0 aromatic heterocycles. The fraction of sp³-hybridized carbons (Fsp3) is 0.727. The Hall–Kier alpha value is -0.490. The van der Waals surface area contributed by atoms with Crippen molar-refractivity contribution in [2.45, 2.75) is 31.9 Å². The molecule has 6 heteroatoms. The number of aliphatic hydroxyl groups is 1. The molecule has 0 unspecified atom stereocenters. The Morgan fingerprint density at radius 2 is 2.06 bits per heavy atom. The van der Waals surface area contributed by atoms with Crippen molar-refractivity contribution in [3.05, 3.63) is 12.3 Å². The number of aliphatic imine (C=N–C) groups is 1. The van der Waals surface area contributed by atoms with Crippen LogP contribution in [0.15, 0.2) is 17.3 Å². The molecule has 1 saturated carbocycles. The molecule has 98 valence electrons. The second-order valence-electron chi connectivity index (χ2n) is 4.34. The SMILES string of the molecule is C=C(N=C(CC1(CO)CCC1)SC)C(F)(F)F. The second kappa shape index (κ2) is 5.44. The van der Waals surface area contributed by atoms with E-state index in [1.807, 2.05) is 0 Å². The van der Waals surface area contributed by atoms with Crippen molar-refractivity contribution < 1.29 is 18.3 Å². The molecular formula is C11H16F3NOS. The van der Waals surface area contributed by atoms with Gasteiger partial charge in [-0.05, 0) is 24.5 Å². The van der Waals surface area contributed by atoms with Crippen LogP contribution >= 0.6 is 11.8 Å². The summed E-state index contributed by atoms with van der Waals surface area (Å²) < 4.78 is 36.9. The maximum atomic E-state index is 12.3. The predicted molar refractivity (Wildman–Crippen MR) is 64.1 cm³/mol. The van der Waals surface area contributed by atoms with Crippen molar-refractivity contribution in [2.24, 2.45) is 10.4 Å². The molecule has 0 atom stereocenters. The zero-order valence-corrected chi connectivity index (χ0v) is 10.5. The zero-order chi connectivity index (χ0) is 13.1. The normalized spacial score (nSPS) is 19.9. The van der Waals surface area contributed by atoms with Crippen LogP contribution in [0.2, 0.25) is 0 Å². The summed E-state index contributed by atoms with van der Waals surface area (Å²) in [5.74, 6) is 0. The highest BCUT2D eigenvalue weighted by Gasteiger charge is 2.38. The first-order valence-corrected chi connectivity index (χ1v) is 6.54. The van der Waals surface area contributed by atoms with E-state index in [1.54, 1.807) is 6.26 Å². The summed E-state index contributed by atoms with van der Waals surface area (Å²) in [7, 11) is 0. The van der Waals surface area contributed by atoms with Gasteiger partial charge >= 0.3 is 6.18 Å². The van der Waals surface area contributed by atoms with Crippen molar-refractivity contribution in [3.8, 4) is 0 Å². The van der Waals surface area contributed by atoms with Gasteiger partial charge in [-0.15, -0.1) is 11.8 Å². The van der Waals surface area contributed by atoms with Crippen LogP contribution in [0, 0.1) is 5.41 Å². The van der Waals surface area contributed by atoms with E-state index >= 15 is 0 Å². The Morgan fingerprint density at radius 1 is 1.47 bits per heavy atom. The average Bonchev–Trinajstić information content (AvgIpc) is 2.20. The standard InChI is InChI=1S/C11H16F3NOS/c1-8(11(12,13)14)15-9(17-2)6-10(7-16)4-3-5-10/h16H,1,3-7H2,2H3. The number of hydrogen-bond donors (Lipinski definition) is 1. The minimum Gasteiger partial charge on any atom is -0.396 e. The zero-order valence-electron chi connectivity index (χ0n) is 9.68. The van der Waals surface area contributed by atoms with Crippen molar-refractivity contribution in [1.82, 2.24) is 0 Å². The van der Waals surface area contributed by atoms with Gasteiger partial charge in [0.25, 0.3) is 0 Å². The molecule has 1 fully saturated rings. The van der Waals surface area contributed by atoms with Gasteiger partial charge in [0, 0.05) is 13.0 Å². The molecule has 0 spiro atoms. The van der Waals surface area contributed by atoms with Crippen LogP contribution in [-0.4, -0.2) is 29.2 Å². The van der Waals surface area contributed by atoms with E-state index in [1.165, 1.54) is 11.8 Å². The van der Waals surface area contributed by atoms with Gasteiger partial charge in [-0.3, -0.25) is 0 Å². The number of halogens is 3. The Bertz CT molecular complexity index is 316. The van der Waals surface area contributed by atoms with Crippen LogP contribution in [0.1, 0.15) is 25.7 Å². The third-order valence-electron chi connectivity index (χ3n) is 3.10. The number of rotatable bonds is 4. The topological polar surface area (TPSA) is 32.6 Å². The van der Waals surface area contributed by atoms with Crippen LogP contribution in [0.25, 0.3) is 0 Å². The van der Waals surface area contributed by atoms with Crippen molar-refractivity contribution in [1.29, 1.82) is 0 Å². The molecule has 0 heterocycles. The van der Waals surface area contributed by atoms with E-state index < -0.39 is 11.9 Å². The number of thioether (sulfide) groups is 1. The van der Waals surface area contributed by atoms with E-state index in [4.69, 9.17) is 0 Å². The fourth-order valence-electron chi connectivity index (χ4n) is 1.76. The Balaban J connectivity index is 2.71. The summed E-state index contributed by atoms with van der Waals surface area (Å²) in [6.45, 7) is 2.93. The van der Waals surface area contributed by atoms with Crippen LogP contribution < -0.4 is 0 Å². The van der Waals surface area contributed by atoms with Gasteiger partial charge < -0.3 is 5.11 Å². The highest BCUT2D eigenvalue weighted by atomic mass is 32.2. The van der Waals surface area contributed by atoms with E-state index in [0.29, 0.717) is 11.5 Å². The van der Waals surface area contributed by atoms with Crippen molar-refractivity contribution in [2.75, 3.05) is 12.9 Å². The van der Waals surface area contributed by atoms with E-state index in [2.05, 4.69) is 11.6 Å². The van der Waals surface area contributed by atoms with Crippen LogP contribution in [-0.2, 0) is 0 Å². The van der Waals surface area contributed by atoms with E-state index in [-0.39, 0.29) is 12.0 Å². The van der Waals surface area contributed by atoms with Gasteiger partial charge in [-0.1, -0.05) is 13.0 Å². The van der Waals surface area contributed by atoms with Crippen molar-refractivity contribution >= 4 is 16.8 Å². The number of aliphatic hydroxyl groups excluding tert-OH is 1. The lowest BCUT2D eigenvalue weighted by Crippen LogP contribution is -2.35. The molecular weight excluding hydrogens is 251 g/mol. The first-order valence-electron chi connectivity index (χ1n) is 5.31. The molecule has 1 rings (SSSR count). The first-order chi connectivity index (χ1) is 7.83. The monoisotopic (exact) mass is 267 g/mol. The molecule has 0 saturated heterocycles. The molecule has 0 radical (unpaired) electrons. The summed E-state index contributed by atoms with van der Waals surface area (Å²) >= 11 is 1.18. The summed E-state index contributed by atoms with van der Waals surface area (Å²) in [6, 6.07) is 0. The quantitative estimate of drug-likeness (QED) is 0.625. The molecule has 1 N–H and O–H groups in total. The minimum absolute atomic E-state index is 0.00503. The largest absolute Gasteiger partial charge is 0.432 e. The molecule has 2 nitrogen and oxygen atoms in total. The predicted octanol–water partition coefficient (Wildman–Crippen LogP) is 3.38. The van der Waals surface area contributed by atoms with Gasteiger partial charge in [0.2, 0.25) is 0 Å². The van der Waals surface area contributed by atoms with Crippen LogP contribution in [0.4, 0.5) is 13.2 Å². The molecule has 1 aliphatic rings. The Morgan fingerprint density at radius 3 is 2.35 bits per heavy atom. The van der Waals surface area contributed by atoms with Gasteiger partial charge in [0.05, 0.1) is 5.04 Å². The first kappa shape index (κ1) is 14.6. The summed E-state index contributed by atoms with van der Waals surface area (Å²) in [5, 5.41) is 9.66. The number of allylic oxidation sites excluding steroid dienone is 1. The number of alkyl halides is 3. The molecule has 0 aromatic rings. The number of nitrogens with zero attached hydrogens (tertiary/aromatic N) is 1. The van der Waals surface area contributed by atoms with Gasteiger partial charge in [-0.2, -0.15) is 13.2 Å². The third-order valence-corrected chi connectivity index (χ3v) is 3.81. The minimum atomic E-state index is -4.48. The average molecular weight is 267 g/mol. The maximum absolute atomic E-state index is 12.3. The van der Waals surface area contributed by atoms with Crippen LogP contribution in [0.3, 0.4) is 0 Å². The molecule has 0 aliphatic heterocycles. The second-order valence-corrected chi connectivity index (χ2v) is 5.22. The van der Waals surface area contributed by atoms with Crippen LogP contribution in [0.5, 0.6) is 0 Å². The summed E-state index contributed by atoms with van der Waals surface area (Å²) in [4.78, 5) is 3.53. The lowest BCUT2D eigenvalue weighted by atomic mass is 9.67. The lowest BCUT2D eigenvalue weighted by Gasteiger charge is -2.40. The van der Waals surface area contributed by atoms with Crippen molar-refractivity contribution in [3.63, 3.8) is 0 Å². The van der Waals surface area contributed by atoms with Gasteiger partial charge in [0.15, 0.2) is 0 Å². The smallest absolute Gasteiger partial charge is 0.396 e. The van der Waals surface area contributed by atoms with Gasteiger partial charge in [-0.25, -0.2) is 4.99 Å². The summed E-state index contributed by atoms with van der Waals surface area (Å²) in [6.07, 6.45) is 0.324. The highest BCUT2D eigenvalue weighted by molar-refractivity contribution is 8.13.